The molecule has 0 spiro atoms. The Morgan fingerprint density at radius 1 is 1.00 bits per heavy atom. The lowest BCUT2D eigenvalue weighted by Gasteiger charge is -2.11. The second kappa shape index (κ2) is 9.68. The number of hydrogen-bond acceptors (Lipinski definition) is 6. The van der Waals surface area contributed by atoms with Gasteiger partial charge in [-0.05, 0) is 61.0 Å². The lowest BCUT2D eigenvalue weighted by Crippen LogP contribution is -2.12. The Morgan fingerprint density at radius 3 is 2.63 bits per heavy atom. The number of benzene rings is 2. The molecule has 0 unspecified atom stereocenters. The first-order valence-electron chi connectivity index (χ1n) is 11.2. The number of fused-ring (bicyclic) bond motifs is 1. The molecule has 0 atom stereocenters. The van der Waals surface area contributed by atoms with Crippen LogP contribution < -0.4 is 10.6 Å². The van der Waals surface area contributed by atoms with Crippen molar-refractivity contribution in [1.29, 1.82) is 0 Å². The predicted molar refractivity (Wildman–Crippen MR) is 132 cm³/mol. The summed E-state index contributed by atoms with van der Waals surface area (Å²) < 4.78 is 14.8. The third kappa shape index (κ3) is 4.98. The van der Waals surface area contributed by atoms with E-state index >= 15 is 0 Å². The highest BCUT2D eigenvalue weighted by Crippen LogP contribution is 2.23. The topological polar surface area (TPSA) is 97.1 Å². The highest BCUT2D eigenvalue weighted by molar-refractivity contribution is 6.04. The molecule has 2 N–H and O–H groups in total. The molecule has 0 saturated heterocycles. The fourth-order valence-corrected chi connectivity index (χ4v) is 3.63. The monoisotopic (exact) mass is 467 g/mol. The van der Waals surface area contributed by atoms with Crippen molar-refractivity contribution in [3.63, 3.8) is 0 Å². The van der Waals surface area contributed by atoms with Crippen LogP contribution in [-0.4, -0.2) is 30.5 Å². The molecule has 0 bridgehead atoms. The van der Waals surface area contributed by atoms with Crippen LogP contribution in [0.25, 0.3) is 17.2 Å². The first-order chi connectivity index (χ1) is 17.1. The second-order valence-electron chi connectivity index (χ2n) is 7.94. The Morgan fingerprint density at radius 2 is 1.86 bits per heavy atom. The van der Waals surface area contributed by atoms with Gasteiger partial charge in [0, 0.05) is 46.7 Å². The molecule has 35 heavy (non-hydrogen) atoms. The van der Waals surface area contributed by atoms with E-state index in [2.05, 4.69) is 37.6 Å². The number of pyridine rings is 1. The van der Waals surface area contributed by atoms with E-state index < -0.39 is 0 Å². The third-order valence-electron chi connectivity index (χ3n) is 5.29. The van der Waals surface area contributed by atoms with Crippen LogP contribution in [0.2, 0.25) is 0 Å². The molecule has 3 aromatic heterocycles. The fourth-order valence-electron chi connectivity index (χ4n) is 3.63. The van der Waals surface area contributed by atoms with Crippen molar-refractivity contribution in [2.75, 3.05) is 10.6 Å². The SMILES string of the molecule is CCCc1cc(Nc2cccc(C(=O)Nc3ccc(F)cc3)c2)n2nc(-c3cccnc3)nc2n1. The molecule has 0 aliphatic rings. The van der Waals surface area contributed by atoms with Gasteiger partial charge in [-0.2, -0.15) is 9.50 Å². The highest BCUT2D eigenvalue weighted by Gasteiger charge is 2.14. The standard InChI is InChI=1S/C26H22FN7O/c1-2-5-21-15-23(34-26(31-21)32-24(33-34)18-7-4-13-28-16-18)29-22-8-3-6-17(14-22)25(35)30-20-11-9-19(27)10-12-20/h3-4,6-16,29H,2,5H2,1H3,(H,30,35). The number of carbonyl (C=O) groups excluding carboxylic acids is 1. The van der Waals surface area contributed by atoms with Crippen molar-refractivity contribution >= 4 is 28.9 Å². The number of rotatable bonds is 7. The average molecular weight is 468 g/mol. The Hall–Kier alpha value is -4.66. The number of hydrogen-bond donors (Lipinski definition) is 2. The lowest BCUT2D eigenvalue weighted by molar-refractivity contribution is 0.102. The Balaban J connectivity index is 1.46. The van der Waals surface area contributed by atoms with Gasteiger partial charge in [-0.3, -0.25) is 9.78 Å². The first kappa shape index (κ1) is 22.1. The van der Waals surface area contributed by atoms with E-state index in [1.165, 1.54) is 24.3 Å². The summed E-state index contributed by atoms with van der Waals surface area (Å²) in [7, 11) is 0. The lowest BCUT2D eigenvalue weighted by atomic mass is 10.1. The Bertz CT molecular complexity index is 1480. The van der Waals surface area contributed by atoms with Crippen molar-refractivity contribution in [2.45, 2.75) is 19.8 Å². The molecular weight excluding hydrogens is 445 g/mol. The largest absolute Gasteiger partial charge is 0.340 e. The molecule has 8 nitrogen and oxygen atoms in total. The van der Waals surface area contributed by atoms with Gasteiger partial charge in [0.1, 0.15) is 11.6 Å². The average Bonchev–Trinajstić information content (AvgIpc) is 3.31. The third-order valence-corrected chi connectivity index (χ3v) is 5.29. The van der Waals surface area contributed by atoms with Crippen molar-refractivity contribution in [3.05, 3.63) is 96.2 Å². The minimum absolute atomic E-state index is 0.300. The van der Waals surface area contributed by atoms with Crippen molar-refractivity contribution in [1.82, 2.24) is 24.6 Å². The van der Waals surface area contributed by atoms with Gasteiger partial charge in [-0.15, -0.1) is 5.10 Å². The first-order valence-corrected chi connectivity index (χ1v) is 11.2. The van der Waals surface area contributed by atoms with E-state index in [0.717, 1.165) is 24.1 Å². The van der Waals surface area contributed by atoms with Crippen LogP contribution >= 0.6 is 0 Å². The predicted octanol–water partition coefficient (Wildman–Crippen LogP) is 5.27. The number of aromatic nitrogens is 5. The van der Waals surface area contributed by atoms with Gasteiger partial charge in [0.25, 0.3) is 11.7 Å². The van der Waals surface area contributed by atoms with Gasteiger partial charge in [0.15, 0.2) is 5.82 Å². The van der Waals surface area contributed by atoms with Crippen LogP contribution in [0.5, 0.6) is 0 Å². The molecule has 0 fully saturated rings. The summed E-state index contributed by atoms with van der Waals surface area (Å²) in [6.07, 6.45) is 5.13. The summed E-state index contributed by atoms with van der Waals surface area (Å²) in [6, 6.07) is 18.4. The zero-order valence-corrected chi connectivity index (χ0v) is 18.9. The molecule has 9 heteroatoms. The number of anilines is 3. The minimum Gasteiger partial charge on any atom is -0.340 e. The molecule has 0 aliphatic heterocycles. The molecule has 2 aromatic carbocycles. The zero-order chi connectivity index (χ0) is 24.2. The summed E-state index contributed by atoms with van der Waals surface area (Å²) in [4.78, 5) is 26.1. The normalized spacial score (nSPS) is 10.9. The molecule has 5 rings (SSSR count). The van der Waals surface area contributed by atoms with E-state index in [-0.39, 0.29) is 11.7 Å². The maximum atomic E-state index is 13.2. The fraction of sp³-hybridized carbons (Fsp3) is 0.115. The Labute approximate surface area is 200 Å². The molecule has 0 aliphatic carbocycles. The quantitative estimate of drug-likeness (QED) is 0.338. The van der Waals surface area contributed by atoms with E-state index in [4.69, 9.17) is 0 Å². The Kier molecular flexibility index (Phi) is 6.13. The van der Waals surface area contributed by atoms with Crippen LogP contribution in [-0.2, 0) is 6.42 Å². The summed E-state index contributed by atoms with van der Waals surface area (Å²) in [5.74, 6) is 1.01. The zero-order valence-electron chi connectivity index (χ0n) is 18.9. The molecule has 174 valence electrons. The van der Waals surface area contributed by atoms with Crippen LogP contribution in [0.1, 0.15) is 29.4 Å². The second-order valence-corrected chi connectivity index (χ2v) is 7.94. The van der Waals surface area contributed by atoms with Crippen LogP contribution in [0, 0.1) is 5.82 Å². The number of carbonyl (C=O) groups is 1. The van der Waals surface area contributed by atoms with Crippen molar-refractivity contribution in [2.24, 2.45) is 0 Å². The summed E-state index contributed by atoms with van der Waals surface area (Å²) in [5.41, 5.74) is 3.34. The van der Waals surface area contributed by atoms with Gasteiger partial charge < -0.3 is 10.6 Å². The van der Waals surface area contributed by atoms with Gasteiger partial charge in [-0.25, -0.2) is 9.37 Å². The van der Waals surface area contributed by atoms with Crippen molar-refractivity contribution in [3.8, 4) is 11.4 Å². The van der Waals surface area contributed by atoms with Gasteiger partial charge >= 0.3 is 0 Å². The van der Waals surface area contributed by atoms with Gasteiger partial charge in [0.05, 0.1) is 0 Å². The van der Waals surface area contributed by atoms with Crippen LogP contribution in [0.4, 0.5) is 21.6 Å². The van der Waals surface area contributed by atoms with E-state index in [1.54, 1.807) is 35.1 Å². The molecule has 1 amide bonds. The summed E-state index contributed by atoms with van der Waals surface area (Å²) in [6.45, 7) is 2.09. The summed E-state index contributed by atoms with van der Waals surface area (Å²) >= 11 is 0. The number of halogens is 1. The maximum Gasteiger partial charge on any atom is 0.255 e. The number of aryl methyl sites for hydroxylation is 1. The van der Waals surface area contributed by atoms with Gasteiger partial charge in [0.2, 0.25) is 0 Å². The number of amides is 1. The summed E-state index contributed by atoms with van der Waals surface area (Å²) in [5, 5.41) is 10.8. The number of nitrogens with one attached hydrogen (secondary N) is 2. The molecule has 0 saturated carbocycles. The van der Waals surface area contributed by atoms with Gasteiger partial charge in [-0.1, -0.05) is 19.4 Å². The van der Waals surface area contributed by atoms with Crippen LogP contribution in [0.3, 0.4) is 0 Å². The van der Waals surface area contributed by atoms with Crippen LogP contribution in [0.15, 0.2) is 79.1 Å². The molecule has 3 heterocycles. The molecular formula is C26H22FN7O. The highest BCUT2D eigenvalue weighted by atomic mass is 19.1. The van der Waals surface area contributed by atoms with E-state index in [0.29, 0.717) is 34.4 Å². The number of nitrogens with zero attached hydrogens (tertiary/aromatic N) is 5. The molecule has 5 aromatic rings. The van der Waals surface area contributed by atoms with E-state index in [1.807, 2.05) is 24.3 Å². The van der Waals surface area contributed by atoms with Crippen molar-refractivity contribution < 1.29 is 9.18 Å². The smallest absolute Gasteiger partial charge is 0.255 e. The maximum absolute atomic E-state index is 13.2. The van der Waals surface area contributed by atoms with E-state index in [9.17, 15) is 9.18 Å². The molecule has 0 radical (unpaired) electrons. The minimum atomic E-state index is -0.361.